The summed E-state index contributed by atoms with van der Waals surface area (Å²) in [5.74, 6) is -0.282. The van der Waals surface area contributed by atoms with Crippen LogP contribution >= 0.6 is 0 Å². The van der Waals surface area contributed by atoms with Crippen LogP contribution in [0.15, 0.2) is 71.6 Å². The third-order valence-electron chi connectivity index (χ3n) is 5.39. The fraction of sp³-hybridized carbons (Fsp3) is 0.261. The smallest absolute Gasteiger partial charge is 0.306 e. The zero-order valence-electron chi connectivity index (χ0n) is 17.0. The van der Waals surface area contributed by atoms with Crippen molar-refractivity contribution in [2.24, 2.45) is 0 Å². The molecule has 1 N–H and O–H groups in total. The third kappa shape index (κ3) is 4.65. The Labute approximate surface area is 181 Å². The van der Waals surface area contributed by atoms with Gasteiger partial charge in [0, 0.05) is 37.3 Å². The van der Waals surface area contributed by atoms with Crippen molar-refractivity contribution >= 4 is 32.5 Å². The molecule has 8 heteroatoms. The average Bonchev–Trinajstić information content (AvgIpc) is 2.79. The van der Waals surface area contributed by atoms with Crippen LogP contribution in [0.2, 0.25) is 0 Å². The fourth-order valence-corrected chi connectivity index (χ4v) is 5.39. The molecular weight excluding hydrogens is 416 g/mol. The van der Waals surface area contributed by atoms with Crippen molar-refractivity contribution in [1.29, 1.82) is 0 Å². The highest BCUT2D eigenvalue weighted by atomic mass is 32.2. The molecule has 0 aliphatic carbocycles. The molecular formula is C23H24N2O5S. The first kappa shape index (κ1) is 21.1. The van der Waals surface area contributed by atoms with Crippen molar-refractivity contribution in [3.05, 3.63) is 66.7 Å². The van der Waals surface area contributed by atoms with E-state index < -0.39 is 16.0 Å². The predicted molar refractivity (Wildman–Crippen MR) is 119 cm³/mol. The lowest BCUT2D eigenvalue weighted by atomic mass is 10.1. The molecule has 1 aliphatic rings. The normalized spacial score (nSPS) is 15.2. The number of carboxylic acid groups (broad SMARTS) is 1. The van der Waals surface area contributed by atoms with E-state index in [0.717, 1.165) is 16.5 Å². The second kappa shape index (κ2) is 8.95. The van der Waals surface area contributed by atoms with E-state index in [1.807, 2.05) is 42.5 Å². The van der Waals surface area contributed by atoms with Crippen LogP contribution in [0.5, 0.6) is 5.75 Å². The zero-order valence-corrected chi connectivity index (χ0v) is 17.8. The second-order valence-corrected chi connectivity index (χ2v) is 9.26. The molecule has 0 bridgehead atoms. The highest BCUT2D eigenvalue weighted by Gasteiger charge is 2.29. The number of benzene rings is 3. The molecule has 3 aromatic carbocycles. The van der Waals surface area contributed by atoms with E-state index in [2.05, 4.69) is 4.90 Å². The second-order valence-electron chi connectivity index (χ2n) is 7.35. The number of fused-ring (bicyclic) bond motifs is 1. The monoisotopic (exact) mass is 440 g/mol. The SMILES string of the molecule is O=C(O)CCOc1ccc(N2CCN(S(=O)(=O)c3cccc4ccccc34)CC2)cc1. The van der Waals surface area contributed by atoms with Gasteiger partial charge in [-0.15, -0.1) is 0 Å². The number of hydrogen-bond acceptors (Lipinski definition) is 5. The highest BCUT2D eigenvalue weighted by molar-refractivity contribution is 7.89. The largest absolute Gasteiger partial charge is 0.493 e. The average molecular weight is 441 g/mol. The number of aliphatic carboxylic acids is 1. The Bertz CT molecular complexity index is 1160. The van der Waals surface area contributed by atoms with Crippen molar-refractivity contribution in [3.63, 3.8) is 0 Å². The molecule has 0 spiro atoms. The maximum atomic E-state index is 13.3. The van der Waals surface area contributed by atoms with Crippen LogP contribution in [-0.2, 0) is 14.8 Å². The van der Waals surface area contributed by atoms with E-state index in [0.29, 0.717) is 36.8 Å². The molecule has 4 rings (SSSR count). The van der Waals surface area contributed by atoms with Crippen LogP contribution in [0.25, 0.3) is 10.8 Å². The summed E-state index contributed by atoms with van der Waals surface area (Å²) in [4.78, 5) is 13.1. The molecule has 0 aromatic heterocycles. The van der Waals surface area contributed by atoms with Crippen molar-refractivity contribution in [3.8, 4) is 5.75 Å². The minimum Gasteiger partial charge on any atom is -0.493 e. The predicted octanol–water partition coefficient (Wildman–Crippen LogP) is 3.20. The summed E-state index contributed by atoms with van der Waals surface area (Å²) in [6, 6.07) is 20.3. The summed E-state index contributed by atoms with van der Waals surface area (Å²) in [5.41, 5.74) is 0.979. The van der Waals surface area contributed by atoms with E-state index in [-0.39, 0.29) is 13.0 Å². The number of carboxylic acids is 1. The molecule has 31 heavy (non-hydrogen) atoms. The maximum absolute atomic E-state index is 13.3. The van der Waals surface area contributed by atoms with Crippen LogP contribution in [-0.4, -0.2) is 56.6 Å². The number of piperazine rings is 1. The lowest BCUT2D eigenvalue weighted by Crippen LogP contribution is -2.48. The van der Waals surface area contributed by atoms with Gasteiger partial charge in [0.1, 0.15) is 5.75 Å². The van der Waals surface area contributed by atoms with Crippen LogP contribution in [0, 0.1) is 0 Å². The maximum Gasteiger partial charge on any atom is 0.306 e. The van der Waals surface area contributed by atoms with Gasteiger partial charge in [-0.1, -0.05) is 36.4 Å². The highest BCUT2D eigenvalue weighted by Crippen LogP contribution is 2.27. The van der Waals surface area contributed by atoms with E-state index in [4.69, 9.17) is 9.84 Å². The first-order valence-electron chi connectivity index (χ1n) is 10.1. The topological polar surface area (TPSA) is 87.2 Å². The van der Waals surface area contributed by atoms with Gasteiger partial charge in [-0.05, 0) is 35.7 Å². The number of anilines is 1. The van der Waals surface area contributed by atoms with Crippen molar-refractivity contribution in [2.75, 3.05) is 37.7 Å². The Hall–Kier alpha value is -3.10. The number of ether oxygens (including phenoxy) is 1. The first-order valence-corrected chi connectivity index (χ1v) is 11.6. The summed E-state index contributed by atoms with van der Waals surface area (Å²) < 4.78 is 33.5. The summed E-state index contributed by atoms with van der Waals surface area (Å²) in [6.07, 6.45) is -0.0467. The Kier molecular flexibility index (Phi) is 6.11. The van der Waals surface area contributed by atoms with Gasteiger partial charge in [-0.25, -0.2) is 8.42 Å². The molecule has 3 aromatic rings. The van der Waals surface area contributed by atoms with Crippen LogP contribution in [0.3, 0.4) is 0 Å². The van der Waals surface area contributed by atoms with Gasteiger partial charge in [0.05, 0.1) is 17.9 Å². The van der Waals surface area contributed by atoms with Crippen molar-refractivity contribution in [1.82, 2.24) is 4.31 Å². The molecule has 0 unspecified atom stereocenters. The fourth-order valence-electron chi connectivity index (χ4n) is 3.76. The molecule has 1 saturated heterocycles. The molecule has 0 saturated carbocycles. The Balaban J connectivity index is 1.42. The summed E-state index contributed by atoms with van der Waals surface area (Å²) >= 11 is 0. The van der Waals surface area contributed by atoms with Gasteiger partial charge in [0.2, 0.25) is 10.0 Å². The number of sulfonamides is 1. The van der Waals surface area contributed by atoms with Crippen molar-refractivity contribution < 1.29 is 23.1 Å². The van der Waals surface area contributed by atoms with Crippen LogP contribution in [0.4, 0.5) is 5.69 Å². The van der Waals surface area contributed by atoms with Gasteiger partial charge in [0.25, 0.3) is 0 Å². The minimum atomic E-state index is -3.58. The molecule has 1 aliphatic heterocycles. The first-order chi connectivity index (χ1) is 14.9. The number of carbonyl (C=O) groups is 1. The Morgan fingerprint density at radius 2 is 1.58 bits per heavy atom. The molecule has 0 amide bonds. The summed E-state index contributed by atoms with van der Waals surface area (Å²) in [7, 11) is -3.58. The van der Waals surface area contributed by atoms with E-state index in [1.54, 1.807) is 28.6 Å². The van der Waals surface area contributed by atoms with Crippen molar-refractivity contribution in [2.45, 2.75) is 11.3 Å². The lowest BCUT2D eigenvalue weighted by molar-refractivity contribution is -0.137. The van der Waals surface area contributed by atoms with Crippen LogP contribution in [0.1, 0.15) is 6.42 Å². The number of rotatable bonds is 7. The minimum absolute atomic E-state index is 0.0467. The van der Waals surface area contributed by atoms with Gasteiger partial charge in [-0.3, -0.25) is 4.79 Å². The molecule has 0 radical (unpaired) electrons. The van der Waals surface area contributed by atoms with E-state index in [1.165, 1.54) is 0 Å². The Morgan fingerprint density at radius 3 is 2.29 bits per heavy atom. The molecule has 1 heterocycles. The molecule has 0 atom stereocenters. The third-order valence-corrected chi connectivity index (χ3v) is 7.35. The standard InChI is InChI=1S/C23H24N2O5S/c26-23(27)12-17-30-20-10-8-19(9-11-20)24-13-15-25(16-14-24)31(28,29)22-7-3-5-18-4-1-2-6-21(18)22/h1-11H,12-17H2,(H,26,27). The molecule has 162 valence electrons. The van der Waals surface area contributed by atoms with Gasteiger partial charge >= 0.3 is 5.97 Å². The quantitative estimate of drug-likeness (QED) is 0.607. The number of hydrogen-bond donors (Lipinski definition) is 1. The number of nitrogens with zero attached hydrogens (tertiary/aromatic N) is 2. The Morgan fingerprint density at radius 1 is 0.903 bits per heavy atom. The van der Waals surface area contributed by atoms with Gasteiger partial charge in [0.15, 0.2) is 0 Å². The van der Waals surface area contributed by atoms with E-state index in [9.17, 15) is 13.2 Å². The van der Waals surface area contributed by atoms with Gasteiger partial charge < -0.3 is 14.7 Å². The lowest BCUT2D eigenvalue weighted by Gasteiger charge is -2.35. The van der Waals surface area contributed by atoms with Crippen LogP contribution < -0.4 is 9.64 Å². The van der Waals surface area contributed by atoms with Gasteiger partial charge in [-0.2, -0.15) is 4.31 Å². The zero-order chi connectivity index (χ0) is 21.8. The summed E-state index contributed by atoms with van der Waals surface area (Å²) in [5, 5.41) is 10.3. The summed E-state index contributed by atoms with van der Waals surface area (Å²) in [6.45, 7) is 2.11. The van der Waals surface area contributed by atoms with E-state index >= 15 is 0 Å². The molecule has 1 fully saturated rings. The molecule has 7 nitrogen and oxygen atoms in total.